The van der Waals surface area contributed by atoms with Gasteiger partial charge in [0.25, 0.3) is 0 Å². The number of pyridine rings is 1. The maximum absolute atomic E-state index is 13.1. The highest BCUT2D eigenvalue weighted by Gasteiger charge is 2.16. The molecule has 0 saturated carbocycles. The molecule has 0 spiro atoms. The highest BCUT2D eigenvalue weighted by Crippen LogP contribution is 2.09. The van der Waals surface area contributed by atoms with E-state index in [2.05, 4.69) is 14.8 Å². The molecule has 1 aliphatic heterocycles. The summed E-state index contributed by atoms with van der Waals surface area (Å²) in [7, 11) is 0. The SMILES string of the molecule is NCCCCCN1CCN(Cc2cncc(F)c2)CC1. The fraction of sp³-hybridized carbons (Fsp3) is 0.667. The minimum atomic E-state index is -0.249. The summed E-state index contributed by atoms with van der Waals surface area (Å²) in [6.45, 7) is 7.08. The summed E-state index contributed by atoms with van der Waals surface area (Å²) in [4.78, 5) is 8.78. The number of piperazine rings is 1. The van der Waals surface area contributed by atoms with Gasteiger partial charge in [-0.2, -0.15) is 0 Å². The summed E-state index contributed by atoms with van der Waals surface area (Å²) in [6, 6.07) is 1.58. The van der Waals surface area contributed by atoms with Gasteiger partial charge in [0.2, 0.25) is 0 Å². The van der Waals surface area contributed by atoms with Gasteiger partial charge < -0.3 is 10.6 Å². The van der Waals surface area contributed by atoms with E-state index in [1.54, 1.807) is 12.3 Å². The van der Waals surface area contributed by atoms with Crippen molar-refractivity contribution in [2.75, 3.05) is 39.3 Å². The Hall–Kier alpha value is -1.04. The molecule has 0 aromatic carbocycles. The number of nitrogens with zero attached hydrogens (tertiary/aromatic N) is 3. The maximum atomic E-state index is 13.1. The Labute approximate surface area is 120 Å². The summed E-state index contributed by atoms with van der Waals surface area (Å²) in [5.74, 6) is -0.249. The highest BCUT2D eigenvalue weighted by atomic mass is 19.1. The molecule has 2 N–H and O–H groups in total. The van der Waals surface area contributed by atoms with Crippen molar-refractivity contribution in [3.05, 3.63) is 29.8 Å². The Balaban J connectivity index is 1.66. The van der Waals surface area contributed by atoms with Crippen LogP contribution in [-0.2, 0) is 6.54 Å². The van der Waals surface area contributed by atoms with Gasteiger partial charge in [0, 0.05) is 38.9 Å². The molecule has 0 bridgehead atoms. The molecule has 0 radical (unpaired) electrons. The van der Waals surface area contributed by atoms with Crippen LogP contribution in [0.25, 0.3) is 0 Å². The van der Waals surface area contributed by atoms with Crippen molar-refractivity contribution in [1.82, 2.24) is 14.8 Å². The van der Waals surface area contributed by atoms with Crippen molar-refractivity contribution in [3.63, 3.8) is 0 Å². The van der Waals surface area contributed by atoms with Crippen LogP contribution in [0, 0.1) is 5.82 Å². The minimum absolute atomic E-state index is 0.249. The van der Waals surface area contributed by atoms with E-state index >= 15 is 0 Å². The Morgan fingerprint density at radius 3 is 2.50 bits per heavy atom. The summed E-state index contributed by atoms with van der Waals surface area (Å²) >= 11 is 0. The molecule has 4 nitrogen and oxygen atoms in total. The van der Waals surface area contributed by atoms with Gasteiger partial charge in [-0.1, -0.05) is 6.42 Å². The predicted molar refractivity (Wildman–Crippen MR) is 78.8 cm³/mol. The van der Waals surface area contributed by atoms with Gasteiger partial charge in [0.15, 0.2) is 0 Å². The molecule has 0 unspecified atom stereocenters. The van der Waals surface area contributed by atoms with Crippen molar-refractivity contribution in [3.8, 4) is 0 Å². The molecule has 1 saturated heterocycles. The number of aromatic nitrogens is 1. The third-order valence-corrected chi connectivity index (χ3v) is 3.81. The smallest absolute Gasteiger partial charge is 0.141 e. The molecular formula is C15H25FN4. The van der Waals surface area contributed by atoms with Crippen LogP contribution in [-0.4, -0.2) is 54.1 Å². The first kappa shape index (κ1) is 15.4. The number of hydrogen-bond donors (Lipinski definition) is 1. The van der Waals surface area contributed by atoms with Crippen molar-refractivity contribution in [1.29, 1.82) is 0 Å². The molecule has 1 fully saturated rings. The highest BCUT2D eigenvalue weighted by molar-refractivity contribution is 5.10. The zero-order valence-corrected chi connectivity index (χ0v) is 12.1. The monoisotopic (exact) mass is 280 g/mol. The molecule has 0 aliphatic carbocycles. The third kappa shape index (κ3) is 5.15. The molecule has 5 heteroatoms. The lowest BCUT2D eigenvalue weighted by Crippen LogP contribution is -2.46. The summed E-state index contributed by atoms with van der Waals surface area (Å²) in [5, 5.41) is 0. The molecule has 1 aromatic rings. The number of hydrogen-bond acceptors (Lipinski definition) is 4. The topological polar surface area (TPSA) is 45.4 Å². The van der Waals surface area contributed by atoms with Crippen LogP contribution in [0.4, 0.5) is 4.39 Å². The second kappa shape index (κ2) is 8.29. The molecule has 2 heterocycles. The summed E-state index contributed by atoms with van der Waals surface area (Å²) < 4.78 is 13.1. The van der Waals surface area contributed by atoms with E-state index in [1.807, 2.05) is 0 Å². The fourth-order valence-electron chi connectivity index (χ4n) is 2.63. The molecule has 0 amide bonds. The largest absolute Gasteiger partial charge is 0.330 e. The van der Waals surface area contributed by atoms with Gasteiger partial charge in [-0.15, -0.1) is 0 Å². The fourth-order valence-corrected chi connectivity index (χ4v) is 2.63. The van der Waals surface area contributed by atoms with Gasteiger partial charge in [-0.25, -0.2) is 4.39 Å². The van der Waals surface area contributed by atoms with Gasteiger partial charge in [-0.3, -0.25) is 9.88 Å². The van der Waals surface area contributed by atoms with Gasteiger partial charge in [0.1, 0.15) is 5.82 Å². The molecule has 0 atom stereocenters. The number of rotatable bonds is 7. The van der Waals surface area contributed by atoms with E-state index in [4.69, 9.17) is 5.73 Å². The first-order chi connectivity index (χ1) is 9.78. The van der Waals surface area contributed by atoms with Crippen LogP contribution >= 0.6 is 0 Å². The zero-order chi connectivity index (χ0) is 14.2. The van der Waals surface area contributed by atoms with Crippen LogP contribution in [0.3, 0.4) is 0 Å². The summed E-state index contributed by atoms with van der Waals surface area (Å²) in [5.41, 5.74) is 6.46. The normalized spacial score (nSPS) is 17.5. The number of unbranched alkanes of at least 4 members (excludes halogenated alkanes) is 2. The molecule has 2 rings (SSSR count). The lowest BCUT2D eigenvalue weighted by Gasteiger charge is -2.34. The second-order valence-corrected chi connectivity index (χ2v) is 5.48. The Bertz CT molecular complexity index is 391. The molecule has 1 aromatic heterocycles. The first-order valence-electron chi connectivity index (χ1n) is 7.52. The van der Waals surface area contributed by atoms with E-state index in [0.29, 0.717) is 0 Å². The van der Waals surface area contributed by atoms with Crippen LogP contribution in [0.1, 0.15) is 24.8 Å². The van der Waals surface area contributed by atoms with Gasteiger partial charge in [-0.05, 0) is 37.6 Å². The average Bonchev–Trinajstić information content (AvgIpc) is 2.45. The third-order valence-electron chi connectivity index (χ3n) is 3.81. The second-order valence-electron chi connectivity index (χ2n) is 5.48. The first-order valence-corrected chi connectivity index (χ1v) is 7.52. The van der Waals surface area contributed by atoms with Crippen LogP contribution in [0.2, 0.25) is 0 Å². The standard InChI is InChI=1S/C15H25FN4/c16-15-10-14(11-18-12-15)13-20-8-6-19(7-9-20)5-3-1-2-4-17/h10-12H,1-9,13,17H2. The lowest BCUT2D eigenvalue weighted by atomic mass is 10.2. The average molecular weight is 280 g/mol. The minimum Gasteiger partial charge on any atom is -0.330 e. The Kier molecular flexibility index (Phi) is 6.36. The molecular weight excluding hydrogens is 255 g/mol. The van der Waals surface area contributed by atoms with Crippen LogP contribution in [0.5, 0.6) is 0 Å². The van der Waals surface area contributed by atoms with Crippen molar-refractivity contribution < 1.29 is 4.39 Å². The van der Waals surface area contributed by atoms with Crippen molar-refractivity contribution >= 4 is 0 Å². The van der Waals surface area contributed by atoms with E-state index in [0.717, 1.165) is 51.3 Å². The Morgan fingerprint density at radius 2 is 1.80 bits per heavy atom. The number of halogens is 1. The maximum Gasteiger partial charge on any atom is 0.141 e. The zero-order valence-electron chi connectivity index (χ0n) is 12.1. The quantitative estimate of drug-likeness (QED) is 0.768. The Morgan fingerprint density at radius 1 is 1.05 bits per heavy atom. The van der Waals surface area contributed by atoms with Crippen molar-refractivity contribution in [2.45, 2.75) is 25.8 Å². The van der Waals surface area contributed by atoms with E-state index < -0.39 is 0 Å². The molecule has 1 aliphatic rings. The van der Waals surface area contributed by atoms with E-state index in [9.17, 15) is 4.39 Å². The van der Waals surface area contributed by atoms with Gasteiger partial charge in [0.05, 0.1) is 6.20 Å². The number of nitrogens with two attached hydrogens (primary N) is 1. The summed E-state index contributed by atoms with van der Waals surface area (Å²) in [6.07, 6.45) is 6.61. The van der Waals surface area contributed by atoms with E-state index in [1.165, 1.54) is 25.6 Å². The van der Waals surface area contributed by atoms with Crippen LogP contribution < -0.4 is 5.73 Å². The van der Waals surface area contributed by atoms with E-state index in [-0.39, 0.29) is 5.82 Å². The van der Waals surface area contributed by atoms with Crippen LogP contribution in [0.15, 0.2) is 18.5 Å². The molecule has 112 valence electrons. The molecule has 20 heavy (non-hydrogen) atoms. The van der Waals surface area contributed by atoms with Crippen molar-refractivity contribution in [2.24, 2.45) is 5.73 Å². The predicted octanol–water partition coefficient (Wildman–Crippen LogP) is 1.47. The van der Waals surface area contributed by atoms with Gasteiger partial charge >= 0.3 is 0 Å². The lowest BCUT2D eigenvalue weighted by molar-refractivity contribution is 0.125.